The predicted molar refractivity (Wildman–Crippen MR) is 140 cm³/mol. The second kappa shape index (κ2) is 10.7. The van der Waals surface area contributed by atoms with E-state index < -0.39 is 18.2 Å². The lowest BCUT2D eigenvalue weighted by Crippen LogP contribution is -2.54. The van der Waals surface area contributed by atoms with Crippen LogP contribution in [0.1, 0.15) is 35.3 Å². The third-order valence-electron chi connectivity index (χ3n) is 6.25. The van der Waals surface area contributed by atoms with Crippen molar-refractivity contribution in [1.82, 2.24) is 5.48 Å². The van der Waals surface area contributed by atoms with Gasteiger partial charge < -0.3 is 20.2 Å². The first kappa shape index (κ1) is 25.1. The number of Topliss-reactive ketones (excluding diaryl/α,β-unsaturated/α-hetero) is 2. The summed E-state index contributed by atoms with van der Waals surface area (Å²) in [7, 11) is 3.32. The van der Waals surface area contributed by atoms with Gasteiger partial charge in [0.2, 0.25) is 0 Å². The number of hydrogen-bond donors (Lipinski definition) is 2. The fraction of sp³-hybridized carbons (Fsp3) is 0.250. The van der Waals surface area contributed by atoms with Gasteiger partial charge in [0.05, 0.1) is 18.4 Å². The number of likely N-dealkylation sites (N-methyl/N-ethyl adjacent to an activating group) is 1. The molecule has 0 spiro atoms. The third-order valence-corrected chi connectivity index (χ3v) is 6.25. The van der Waals surface area contributed by atoms with Crippen molar-refractivity contribution < 1.29 is 19.2 Å². The molecular formula is C28H30N4O4. The fourth-order valence-corrected chi connectivity index (χ4v) is 4.25. The minimum absolute atomic E-state index is 0.156. The summed E-state index contributed by atoms with van der Waals surface area (Å²) in [5.41, 5.74) is 13.2. The first-order chi connectivity index (χ1) is 17.3. The van der Waals surface area contributed by atoms with Gasteiger partial charge in [0.1, 0.15) is 18.2 Å². The zero-order chi connectivity index (χ0) is 25.8. The van der Waals surface area contributed by atoms with E-state index in [1.54, 1.807) is 25.1 Å². The van der Waals surface area contributed by atoms with Crippen molar-refractivity contribution >= 4 is 23.0 Å². The molecule has 0 saturated heterocycles. The summed E-state index contributed by atoms with van der Waals surface area (Å²) >= 11 is 0. The van der Waals surface area contributed by atoms with Crippen molar-refractivity contribution in [1.29, 1.82) is 0 Å². The number of benzodiazepines with no additional fused rings is 1. The molecule has 8 nitrogen and oxygen atoms in total. The topological polar surface area (TPSA) is 106 Å². The molecule has 3 aromatic rings. The number of rotatable bonds is 8. The Hall–Kier alpha value is -4.01. The number of nitrogens with two attached hydrogens (primary N) is 1. The molecule has 8 heteroatoms. The number of hydroxylamine groups is 1. The average Bonchev–Trinajstić information content (AvgIpc) is 3.01. The number of hydrogen-bond acceptors (Lipinski definition) is 8. The number of ether oxygens (including phenoxy) is 1. The molecule has 0 radical (unpaired) electrons. The highest BCUT2D eigenvalue weighted by Gasteiger charge is 2.36. The standard InChI is InChI=1S/C28H30N4O4/c1-17(31-36-23-16-10-14-20(18(2)33)27(23)35-4)26(34)25-28(29)32(3)22-15-9-8-13-21(22)24(30-25)19-11-6-5-7-12-19/h5-17,25,28,31H,29H2,1-4H3/t17?,25?,28-/m0/s1. The smallest absolute Gasteiger partial charge is 0.189 e. The molecule has 0 fully saturated rings. The van der Waals surface area contributed by atoms with Crippen molar-refractivity contribution in [3.05, 3.63) is 89.5 Å². The summed E-state index contributed by atoms with van der Waals surface area (Å²) in [4.78, 5) is 38.1. The summed E-state index contributed by atoms with van der Waals surface area (Å²) in [5, 5.41) is 0. The van der Waals surface area contributed by atoms with E-state index in [4.69, 9.17) is 20.3 Å². The lowest BCUT2D eigenvalue weighted by Gasteiger charge is -2.30. The van der Waals surface area contributed by atoms with Gasteiger partial charge in [-0.25, -0.2) is 0 Å². The van der Waals surface area contributed by atoms with Crippen LogP contribution in [0.5, 0.6) is 11.5 Å². The Balaban J connectivity index is 1.64. The Morgan fingerprint density at radius 2 is 1.72 bits per heavy atom. The largest absolute Gasteiger partial charge is 0.492 e. The molecule has 3 aromatic carbocycles. The highest BCUT2D eigenvalue weighted by molar-refractivity contribution is 6.17. The molecule has 1 heterocycles. The van der Waals surface area contributed by atoms with Crippen LogP contribution in [-0.4, -0.2) is 49.7 Å². The van der Waals surface area contributed by atoms with Gasteiger partial charge in [-0.15, -0.1) is 5.48 Å². The van der Waals surface area contributed by atoms with Gasteiger partial charge in [0.25, 0.3) is 0 Å². The number of aliphatic imine (C=N–C) groups is 1. The molecule has 0 aliphatic carbocycles. The molecule has 2 unspecified atom stereocenters. The van der Waals surface area contributed by atoms with E-state index in [0.717, 1.165) is 16.8 Å². The van der Waals surface area contributed by atoms with Crippen molar-refractivity contribution in [3.63, 3.8) is 0 Å². The van der Waals surface area contributed by atoms with Crippen molar-refractivity contribution in [2.45, 2.75) is 32.1 Å². The monoisotopic (exact) mass is 486 g/mol. The molecule has 3 N–H and O–H groups in total. The van der Waals surface area contributed by atoms with Crippen LogP contribution in [0, 0.1) is 0 Å². The SMILES string of the molecule is COc1c(ONC(C)C(=O)C2N=C(c3ccccc3)c3ccccc3N(C)[C@@H]2N)cccc1C(C)=O. The maximum atomic E-state index is 13.6. The zero-order valence-corrected chi connectivity index (χ0v) is 20.8. The number of carbonyl (C=O) groups is 2. The van der Waals surface area contributed by atoms with Gasteiger partial charge in [-0.1, -0.05) is 54.6 Å². The van der Waals surface area contributed by atoms with E-state index in [1.165, 1.54) is 14.0 Å². The number of fused-ring (bicyclic) bond motifs is 1. The molecule has 186 valence electrons. The van der Waals surface area contributed by atoms with E-state index in [0.29, 0.717) is 22.8 Å². The van der Waals surface area contributed by atoms with Gasteiger partial charge in [-0.2, -0.15) is 0 Å². The first-order valence-electron chi connectivity index (χ1n) is 11.7. The Kier molecular flexibility index (Phi) is 7.47. The molecule has 1 aliphatic rings. The molecule has 1 aliphatic heterocycles. The minimum atomic E-state index is -0.867. The number of nitrogens with zero attached hydrogens (tertiary/aromatic N) is 2. The molecule has 0 aromatic heterocycles. The first-order valence-corrected chi connectivity index (χ1v) is 11.7. The highest BCUT2D eigenvalue weighted by Crippen LogP contribution is 2.31. The number of carbonyl (C=O) groups excluding carboxylic acids is 2. The third kappa shape index (κ3) is 4.86. The van der Waals surface area contributed by atoms with Crippen molar-refractivity contribution in [2.24, 2.45) is 10.7 Å². The van der Waals surface area contributed by atoms with E-state index >= 15 is 0 Å². The van der Waals surface area contributed by atoms with Crippen LogP contribution >= 0.6 is 0 Å². The Morgan fingerprint density at radius 3 is 2.42 bits per heavy atom. The van der Waals surface area contributed by atoms with Crippen LogP contribution in [-0.2, 0) is 4.79 Å². The summed E-state index contributed by atoms with van der Waals surface area (Å²) in [6, 6.07) is 20.9. The summed E-state index contributed by atoms with van der Waals surface area (Å²) in [6.07, 6.45) is -0.695. The summed E-state index contributed by atoms with van der Waals surface area (Å²) < 4.78 is 5.37. The average molecular weight is 487 g/mol. The number of nitrogens with one attached hydrogen (secondary N) is 1. The van der Waals surface area contributed by atoms with Gasteiger partial charge in [-0.05, 0) is 32.0 Å². The minimum Gasteiger partial charge on any atom is -0.492 e. The van der Waals surface area contributed by atoms with E-state index in [2.05, 4.69) is 5.48 Å². The molecule has 0 bridgehead atoms. The van der Waals surface area contributed by atoms with E-state index in [-0.39, 0.29) is 11.6 Å². The molecule has 4 rings (SSSR count). The van der Waals surface area contributed by atoms with Crippen LogP contribution in [0.25, 0.3) is 0 Å². The number of para-hydroxylation sites is 2. The quantitative estimate of drug-likeness (QED) is 0.371. The van der Waals surface area contributed by atoms with Crippen LogP contribution in [0.15, 0.2) is 77.8 Å². The van der Waals surface area contributed by atoms with Gasteiger partial charge in [-0.3, -0.25) is 14.6 Å². The van der Waals surface area contributed by atoms with Gasteiger partial charge >= 0.3 is 0 Å². The van der Waals surface area contributed by atoms with Crippen LogP contribution in [0.4, 0.5) is 5.69 Å². The normalized spacial score (nSPS) is 17.9. The zero-order valence-electron chi connectivity index (χ0n) is 20.8. The Labute approximate surface area is 210 Å². The van der Waals surface area contributed by atoms with E-state index in [9.17, 15) is 9.59 Å². The Morgan fingerprint density at radius 1 is 1.03 bits per heavy atom. The van der Waals surface area contributed by atoms with Crippen molar-refractivity contribution in [3.8, 4) is 11.5 Å². The van der Waals surface area contributed by atoms with Crippen LogP contribution < -0.4 is 25.7 Å². The molecule has 3 atom stereocenters. The van der Waals surface area contributed by atoms with Crippen LogP contribution in [0.3, 0.4) is 0 Å². The predicted octanol–water partition coefficient (Wildman–Crippen LogP) is 3.38. The number of anilines is 1. The second-order valence-electron chi connectivity index (χ2n) is 8.64. The second-order valence-corrected chi connectivity index (χ2v) is 8.64. The number of methoxy groups -OCH3 is 1. The number of ketones is 2. The van der Waals surface area contributed by atoms with Crippen molar-refractivity contribution in [2.75, 3.05) is 19.1 Å². The maximum absolute atomic E-state index is 13.6. The van der Waals surface area contributed by atoms with Gasteiger partial charge in [0.15, 0.2) is 23.1 Å². The lowest BCUT2D eigenvalue weighted by molar-refractivity contribution is -0.124. The highest BCUT2D eigenvalue weighted by atomic mass is 16.7. The fourth-order valence-electron chi connectivity index (χ4n) is 4.25. The maximum Gasteiger partial charge on any atom is 0.189 e. The van der Waals surface area contributed by atoms with Gasteiger partial charge in [0, 0.05) is 23.9 Å². The molecule has 36 heavy (non-hydrogen) atoms. The number of benzene rings is 3. The molecular weight excluding hydrogens is 456 g/mol. The summed E-state index contributed by atoms with van der Waals surface area (Å²) in [5.74, 6) is 0.199. The molecule has 0 amide bonds. The van der Waals surface area contributed by atoms with E-state index in [1.807, 2.05) is 66.5 Å². The molecule has 0 saturated carbocycles. The van der Waals surface area contributed by atoms with Crippen LogP contribution in [0.2, 0.25) is 0 Å². The summed E-state index contributed by atoms with van der Waals surface area (Å²) in [6.45, 7) is 3.14. The Bertz CT molecular complexity index is 1290. The lowest BCUT2D eigenvalue weighted by atomic mass is 10.0.